The van der Waals surface area contributed by atoms with Crippen molar-refractivity contribution in [3.05, 3.63) is 34.6 Å². The topological polar surface area (TPSA) is 82.2 Å². The van der Waals surface area contributed by atoms with Crippen LogP contribution in [0.15, 0.2) is 18.2 Å². The Morgan fingerprint density at radius 1 is 1.48 bits per heavy atom. The van der Waals surface area contributed by atoms with E-state index in [2.05, 4.69) is 10.4 Å². The normalized spacial score (nSPS) is 10.5. The van der Waals surface area contributed by atoms with Gasteiger partial charge in [0.15, 0.2) is 0 Å². The SMILES string of the molecule is COc1cc(N)ccc1NC(=O)Cn1nc(C)c(Cl)c1C. The number of aryl methyl sites for hydroxylation is 1. The Morgan fingerprint density at radius 3 is 2.76 bits per heavy atom. The molecule has 0 saturated carbocycles. The summed E-state index contributed by atoms with van der Waals surface area (Å²) < 4.78 is 6.75. The molecule has 1 aromatic heterocycles. The second kappa shape index (κ2) is 6.05. The minimum Gasteiger partial charge on any atom is -0.494 e. The maximum Gasteiger partial charge on any atom is 0.246 e. The second-order valence-electron chi connectivity index (χ2n) is 4.65. The van der Waals surface area contributed by atoms with Gasteiger partial charge < -0.3 is 15.8 Å². The highest BCUT2D eigenvalue weighted by Crippen LogP contribution is 2.26. The molecule has 6 nitrogen and oxygen atoms in total. The maximum absolute atomic E-state index is 12.1. The largest absolute Gasteiger partial charge is 0.494 e. The molecule has 2 aromatic rings. The number of halogens is 1. The van der Waals surface area contributed by atoms with Crippen molar-refractivity contribution < 1.29 is 9.53 Å². The highest BCUT2D eigenvalue weighted by molar-refractivity contribution is 6.31. The van der Waals surface area contributed by atoms with Gasteiger partial charge in [-0.15, -0.1) is 0 Å². The van der Waals surface area contributed by atoms with Crippen LogP contribution in [0, 0.1) is 13.8 Å². The zero-order valence-electron chi connectivity index (χ0n) is 12.1. The van der Waals surface area contributed by atoms with Crippen LogP contribution >= 0.6 is 11.6 Å². The molecule has 1 amide bonds. The first kappa shape index (κ1) is 15.2. The number of methoxy groups -OCH3 is 1. The monoisotopic (exact) mass is 308 g/mol. The van der Waals surface area contributed by atoms with Crippen LogP contribution in [0.3, 0.4) is 0 Å². The number of hydrogen-bond donors (Lipinski definition) is 2. The lowest BCUT2D eigenvalue weighted by Crippen LogP contribution is -2.20. The second-order valence-corrected chi connectivity index (χ2v) is 5.03. The number of nitrogens with two attached hydrogens (primary N) is 1. The van der Waals surface area contributed by atoms with E-state index in [-0.39, 0.29) is 12.5 Å². The van der Waals surface area contributed by atoms with Crippen LogP contribution in [-0.4, -0.2) is 22.8 Å². The fourth-order valence-electron chi connectivity index (χ4n) is 1.97. The number of rotatable bonds is 4. The molecule has 21 heavy (non-hydrogen) atoms. The van der Waals surface area contributed by atoms with Crippen molar-refractivity contribution in [1.29, 1.82) is 0 Å². The van der Waals surface area contributed by atoms with Crippen LogP contribution in [0.4, 0.5) is 11.4 Å². The number of carbonyl (C=O) groups excluding carboxylic acids is 1. The van der Waals surface area contributed by atoms with Gasteiger partial charge in [0.25, 0.3) is 0 Å². The van der Waals surface area contributed by atoms with Gasteiger partial charge in [-0.2, -0.15) is 5.10 Å². The third-order valence-corrected chi connectivity index (χ3v) is 3.63. The minimum atomic E-state index is -0.222. The Balaban J connectivity index is 2.13. The zero-order valence-corrected chi connectivity index (χ0v) is 12.9. The molecule has 0 atom stereocenters. The summed E-state index contributed by atoms with van der Waals surface area (Å²) in [5, 5.41) is 7.57. The van der Waals surface area contributed by atoms with Crippen LogP contribution in [0.25, 0.3) is 0 Å². The Morgan fingerprint density at radius 2 is 2.19 bits per heavy atom. The Labute approximate surface area is 127 Å². The van der Waals surface area contributed by atoms with Crippen molar-refractivity contribution in [2.24, 2.45) is 0 Å². The third kappa shape index (κ3) is 3.28. The van der Waals surface area contributed by atoms with Crippen molar-refractivity contribution in [2.45, 2.75) is 20.4 Å². The summed E-state index contributed by atoms with van der Waals surface area (Å²) in [5.41, 5.74) is 8.26. The molecular formula is C14H17ClN4O2. The predicted octanol–water partition coefficient (Wildman–Crippen LogP) is 2.38. The average Bonchev–Trinajstić information content (AvgIpc) is 2.68. The van der Waals surface area contributed by atoms with Crippen molar-refractivity contribution in [1.82, 2.24) is 9.78 Å². The van der Waals surface area contributed by atoms with Crippen LogP contribution in [-0.2, 0) is 11.3 Å². The molecule has 1 aromatic carbocycles. The van der Waals surface area contributed by atoms with Gasteiger partial charge in [0.2, 0.25) is 5.91 Å². The number of amides is 1. The van der Waals surface area contributed by atoms with Crippen molar-refractivity contribution in [2.75, 3.05) is 18.2 Å². The van der Waals surface area contributed by atoms with E-state index in [0.717, 1.165) is 5.69 Å². The van der Waals surface area contributed by atoms with Gasteiger partial charge in [0.05, 0.1) is 29.2 Å². The van der Waals surface area contributed by atoms with Crippen LogP contribution < -0.4 is 15.8 Å². The number of aromatic nitrogens is 2. The van der Waals surface area contributed by atoms with E-state index in [4.69, 9.17) is 22.1 Å². The molecule has 7 heteroatoms. The number of carbonyl (C=O) groups is 1. The van der Waals surface area contributed by atoms with Gasteiger partial charge in [0.1, 0.15) is 12.3 Å². The molecule has 0 fully saturated rings. The summed E-state index contributed by atoms with van der Waals surface area (Å²) in [6, 6.07) is 5.04. The van der Waals surface area contributed by atoms with Crippen molar-refractivity contribution >= 4 is 28.9 Å². The van der Waals surface area contributed by atoms with E-state index >= 15 is 0 Å². The molecular weight excluding hydrogens is 292 g/mol. The fraction of sp³-hybridized carbons (Fsp3) is 0.286. The van der Waals surface area contributed by atoms with Gasteiger partial charge in [-0.1, -0.05) is 11.6 Å². The quantitative estimate of drug-likeness (QED) is 0.850. The molecule has 2 rings (SSSR count). The number of nitrogen functional groups attached to an aromatic ring is 1. The van der Waals surface area contributed by atoms with E-state index < -0.39 is 0 Å². The molecule has 0 radical (unpaired) electrons. The number of ether oxygens (including phenoxy) is 1. The maximum atomic E-state index is 12.1. The van der Waals surface area contributed by atoms with Gasteiger partial charge >= 0.3 is 0 Å². The Kier molecular flexibility index (Phi) is 4.37. The number of hydrogen-bond acceptors (Lipinski definition) is 4. The van der Waals surface area contributed by atoms with E-state index in [1.54, 1.807) is 29.8 Å². The Bertz CT molecular complexity index is 682. The van der Waals surface area contributed by atoms with Gasteiger partial charge in [0, 0.05) is 11.8 Å². The molecule has 0 spiro atoms. The molecule has 0 unspecified atom stereocenters. The molecule has 0 saturated heterocycles. The number of benzene rings is 1. The summed E-state index contributed by atoms with van der Waals surface area (Å²) in [6.07, 6.45) is 0. The molecule has 3 N–H and O–H groups in total. The summed E-state index contributed by atoms with van der Waals surface area (Å²) in [7, 11) is 1.52. The summed E-state index contributed by atoms with van der Waals surface area (Å²) in [6.45, 7) is 3.69. The van der Waals surface area contributed by atoms with Gasteiger partial charge in [-0.3, -0.25) is 9.48 Å². The molecule has 112 valence electrons. The van der Waals surface area contributed by atoms with Gasteiger partial charge in [-0.05, 0) is 26.0 Å². The molecule has 0 aliphatic rings. The first-order chi connectivity index (χ1) is 9.92. The van der Waals surface area contributed by atoms with E-state index in [1.165, 1.54) is 7.11 Å². The third-order valence-electron chi connectivity index (χ3n) is 3.09. The molecule has 0 bridgehead atoms. The van der Waals surface area contributed by atoms with E-state index in [1.807, 2.05) is 6.92 Å². The number of nitrogens with zero attached hydrogens (tertiary/aromatic N) is 2. The lowest BCUT2D eigenvalue weighted by Gasteiger charge is -2.11. The molecule has 0 aliphatic heterocycles. The first-order valence-corrected chi connectivity index (χ1v) is 6.73. The lowest BCUT2D eigenvalue weighted by molar-refractivity contribution is -0.116. The van der Waals surface area contributed by atoms with Gasteiger partial charge in [-0.25, -0.2) is 0 Å². The standard InChI is InChI=1S/C14H17ClN4O2/c1-8-14(15)9(2)19(18-8)7-13(20)17-11-5-4-10(16)6-12(11)21-3/h4-6H,7,16H2,1-3H3,(H,17,20). The first-order valence-electron chi connectivity index (χ1n) is 6.35. The van der Waals surface area contributed by atoms with E-state index in [0.29, 0.717) is 27.8 Å². The number of anilines is 2. The lowest BCUT2D eigenvalue weighted by atomic mass is 10.2. The minimum absolute atomic E-state index is 0.0763. The van der Waals surface area contributed by atoms with Crippen LogP contribution in [0.5, 0.6) is 5.75 Å². The highest BCUT2D eigenvalue weighted by Gasteiger charge is 2.13. The summed E-state index contributed by atoms with van der Waals surface area (Å²) in [5.74, 6) is 0.287. The zero-order chi connectivity index (χ0) is 15.6. The smallest absolute Gasteiger partial charge is 0.246 e. The Hall–Kier alpha value is -2.21. The molecule has 1 heterocycles. The summed E-state index contributed by atoms with van der Waals surface area (Å²) >= 11 is 6.06. The number of nitrogens with one attached hydrogen (secondary N) is 1. The fourth-order valence-corrected chi connectivity index (χ4v) is 2.10. The average molecular weight is 309 g/mol. The van der Waals surface area contributed by atoms with Crippen molar-refractivity contribution in [3.63, 3.8) is 0 Å². The van der Waals surface area contributed by atoms with Crippen molar-refractivity contribution in [3.8, 4) is 5.75 Å². The summed E-state index contributed by atoms with van der Waals surface area (Å²) in [4.78, 5) is 12.1. The molecule has 0 aliphatic carbocycles. The highest BCUT2D eigenvalue weighted by atomic mass is 35.5. The van der Waals surface area contributed by atoms with Crippen LogP contribution in [0.2, 0.25) is 5.02 Å². The predicted molar refractivity (Wildman–Crippen MR) is 82.7 cm³/mol. The van der Waals surface area contributed by atoms with E-state index in [9.17, 15) is 4.79 Å². The van der Waals surface area contributed by atoms with Crippen LogP contribution in [0.1, 0.15) is 11.4 Å².